The van der Waals surface area contributed by atoms with Crippen molar-refractivity contribution in [2.75, 3.05) is 13.4 Å². The van der Waals surface area contributed by atoms with Crippen LogP contribution in [0.5, 0.6) is 5.75 Å². The third-order valence-electron chi connectivity index (χ3n) is 1.64. The van der Waals surface area contributed by atoms with E-state index in [0.29, 0.717) is 0 Å². The minimum absolute atomic E-state index is 0.840. The van der Waals surface area contributed by atoms with Crippen molar-refractivity contribution in [3.8, 4) is 16.9 Å². The quantitative estimate of drug-likeness (QED) is 0.633. The number of aryl methyl sites for hydroxylation is 1. The second kappa shape index (κ2) is 4.84. The van der Waals surface area contributed by atoms with E-state index in [-0.39, 0.29) is 0 Å². The van der Waals surface area contributed by atoms with Gasteiger partial charge in [-0.1, -0.05) is 23.7 Å². The van der Waals surface area contributed by atoms with Crippen LogP contribution in [0.1, 0.15) is 11.1 Å². The predicted molar refractivity (Wildman–Crippen MR) is 58.1 cm³/mol. The fourth-order valence-corrected chi connectivity index (χ4v) is 1.24. The molecule has 1 nitrogen and oxygen atoms in total. The van der Waals surface area contributed by atoms with Crippen LogP contribution in [0.15, 0.2) is 18.2 Å². The molecule has 68 valence electrons. The largest absolute Gasteiger partial charge is 0.495 e. The summed E-state index contributed by atoms with van der Waals surface area (Å²) in [7, 11) is 1.66. The Kier molecular flexibility index (Phi) is 3.72. The summed E-state index contributed by atoms with van der Waals surface area (Å²) >= 11 is 1.50. The van der Waals surface area contributed by atoms with Gasteiger partial charge >= 0.3 is 0 Å². The summed E-state index contributed by atoms with van der Waals surface area (Å²) in [6.45, 7) is 2.05. The van der Waals surface area contributed by atoms with E-state index in [0.717, 1.165) is 11.3 Å². The Morgan fingerprint density at radius 3 is 2.77 bits per heavy atom. The molecule has 1 rings (SSSR count). The zero-order valence-corrected chi connectivity index (χ0v) is 8.87. The molecule has 1 aromatic rings. The Morgan fingerprint density at radius 1 is 1.38 bits per heavy atom. The van der Waals surface area contributed by atoms with E-state index in [2.05, 4.69) is 11.2 Å². The second-order valence-electron chi connectivity index (χ2n) is 2.63. The molecule has 0 amide bonds. The lowest BCUT2D eigenvalue weighted by Gasteiger charge is -2.03. The lowest BCUT2D eigenvalue weighted by atomic mass is 10.1. The first kappa shape index (κ1) is 10.0. The lowest BCUT2D eigenvalue weighted by molar-refractivity contribution is 0.413. The number of hydrogen-bond donors (Lipinski definition) is 0. The van der Waals surface area contributed by atoms with Gasteiger partial charge < -0.3 is 4.74 Å². The molecule has 0 unspecified atom stereocenters. The Hall–Kier alpha value is -1.07. The van der Waals surface area contributed by atoms with Crippen molar-refractivity contribution < 1.29 is 4.74 Å². The maximum Gasteiger partial charge on any atom is 0.134 e. The number of benzene rings is 1. The van der Waals surface area contributed by atoms with E-state index in [1.54, 1.807) is 7.11 Å². The zero-order chi connectivity index (χ0) is 9.68. The normalized spacial score (nSPS) is 8.85. The smallest absolute Gasteiger partial charge is 0.134 e. The molecule has 0 radical (unpaired) electrons. The van der Waals surface area contributed by atoms with Gasteiger partial charge in [0.25, 0.3) is 0 Å². The number of rotatable bonds is 1. The topological polar surface area (TPSA) is 9.23 Å². The van der Waals surface area contributed by atoms with Crippen LogP contribution in [0, 0.1) is 18.1 Å². The van der Waals surface area contributed by atoms with Gasteiger partial charge in [-0.05, 0) is 36.1 Å². The van der Waals surface area contributed by atoms with Crippen molar-refractivity contribution in [2.45, 2.75) is 6.92 Å². The van der Waals surface area contributed by atoms with Crippen LogP contribution in [-0.2, 0) is 0 Å². The van der Waals surface area contributed by atoms with Crippen LogP contribution in [0.2, 0.25) is 0 Å². The zero-order valence-electron chi connectivity index (χ0n) is 8.05. The molecular formula is C11H12OS. The van der Waals surface area contributed by atoms with Crippen molar-refractivity contribution in [3.05, 3.63) is 29.3 Å². The molecule has 0 saturated heterocycles. The maximum atomic E-state index is 5.19. The van der Waals surface area contributed by atoms with Gasteiger partial charge in [-0.15, -0.1) is 0 Å². The van der Waals surface area contributed by atoms with Gasteiger partial charge in [0.05, 0.1) is 12.7 Å². The first-order valence-corrected chi connectivity index (χ1v) is 5.19. The van der Waals surface area contributed by atoms with Crippen LogP contribution in [0.25, 0.3) is 0 Å². The molecule has 0 bridgehead atoms. The molecule has 0 aromatic heterocycles. The standard InChI is InChI=1S/C11H12OS/c1-9-4-5-11(12-2)10(8-9)6-7-13-3/h4-5,8H,1-3H3. The molecule has 0 aliphatic rings. The van der Waals surface area contributed by atoms with Crippen LogP contribution in [-0.4, -0.2) is 13.4 Å². The van der Waals surface area contributed by atoms with E-state index in [1.165, 1.54) is 17.3 Å². The van der Waals surface area contributed by atoms with E-state index >= 15 is 0 Å². The summed E-state index contributed by atoms with van der Waals surface area (Å²) in [5, 5.41) is 2.95. The van der Waals surface area contributed by atoms with Gasteiger partial charge in [0.1, 0.15) is 5.75 Å². The van der Waals surface area contributed by atoms with Crippen LogP contribution < -0.4 is 4.74 Å². The van der Waals surface area contributed by atoms with Crippen molar-refractivity contribution in [2.24, 2.45) is 0 Å². The molecule has 0 aliphatic carbocycles. The molecule has 0 saturated carbocycles. The number of hydrogen-bond acceptors (Lipinski definition) is 2. The predicted octanol–water partition coefficient (Wildman–Crippen LogP) is 2.68. The maximum absolute atomic E-state index is 5.19. The highest BCUT2D eigenvalue weighted by molar-refractivity contribution is 8.03. The van der Waals surface area contributed by atoms with Crippen molar-refractivity contribution in [1.29, 1.82) is 0 Å². The molecule has 0 N–H and O–H groups in total. The first-order chi connectivity index (χ1) is 6.27. The van der Waals surface area contributed by atoms with Gasteiger partial charge in [0.2, 0.25) is 0 Å². The molecule has 1 aromatic carbocycles. The SMILES string of the molecule is COc1ccc(C)cc1C#CSC. The number of thioether (sulfide) groups is 1. The van der Waals surface area contributed by atoms with Crippen molar-refractivity contribution >= 4 is 11.8 Å². The molecular weight excluding hydrogens is 180 g/mol. The average Bonchev–Trinajstić information content (AvgIpc) is 2.15. The fraction of sp³-hybridized carbons (Fsp3) is 0.273. The number of ether oxygens (including phenoxy) is 1. The molecule has 0 spiro atoms. The lowest BCUT2D eigenvalue weighted by Crippen LogP contribution is -1.87. The van der Waals surface area contributed by atoms with Crippen molar-refractivity contribution in [3.63, 3.8) is 0 Å². The molecule has 13 heavy (non-hydrogen) atoms. The molecule has 0 atom stereocenters. The van der Waals surface area contributed by atoms with Gasteiger partial charge in [-0.25, -0.2) is 0 Å². The van der Waals surface area contributed by atoms with Gasteiger partial charge in [-0.3, -0.25) is 0 Å². The number of methoxy groups -OCH3 is 1. The van der Waals surface area contributed by atoms with Crippen molar-refractivity contribution in [1.82, 2.24) is 0 Å². The van der Waals surface area contributed by atoms with Gasteiger partial charge in [-0.2, -0.15) is 0 Å². The van der Waals surface area contributed by atoms with E-state index in [1.807, 2.05) is 31.4 Å². The monoisotopic (exact) mass is 192 g/mol. The minimum Gasteiger partial charge on any atom is -0.495 e. The minimum atomic E-state index is 0.840. The average molecular weight is 192 g/mol. The van der Waals surface area contributed by atoms with E-state index < -0.39 is 0 Å². The second-order valence-corrected chi connectivity index (χ2v) is 3.25. The molecule has 0 heterocycles. The van der Waals surface area contributed by atoms with Crippen LogP contribution in [0.3, 0.4) is 0 Å². The Balaban J connectivity index is 3.08. The van der Waals surface area contributed by atoms with E-state index in [9.17, 15) is 0 Å². The summed E-state index contributed by atoms with van der Waals surface area (Å²) in [4.78, 5) is 0. The highest BCUT2D eigenvalue weighted by atomic mass is 32.2. The summed E-state index contributed by atoms with van der Waals surface area (Å²) < 4.78 is 5.19. The highest BCUT2D eigenvalue weighted by Crippen LogP contribution is 2.18. The molecule has 0 fully saturated rings. The summed E-state index contributed by atoms with van der Waals surface area (Å²) in [6, 6.07) is 5.99. The Morgan fingerprint density at radius 2 is 2.15 bits per heavy atom. The molecule has 0 aliphatic heterocycles. The summed E-state index contributed by atoms with van der Waals surface area (Å²) in [6.07, 6.45) is 1.95. The van der Waals surface area contributed by atoms with Gasteiger partial charge in [0, 0.05) is 0 Å². The summed E-state index contributed by atoms with van der Waals surface area (Å²) in [5.74, 6) is 3.88. The molecule has 2 heteroatoms. The van der Waals surface area contributed by atoms with Crippen LogP contribution in [0.4, 0.5) is 0 Å². The first-order valence-electron chi connectivity index (χ1n) is 3.96. The van der Waals surface area contributed by atoms with Gasteiger partial charge in [0.15, 0.2) is 0 Å². The third-order valence-corrected chi connectivity index (χ3v) is 1.95. The third kappa shape index (κ3) is 2.71. The highest BCUT2D eigenvalue weighted by Gasteiger charge is 1.98. The van der Waals surface area contributed by atoms with E-state index in [4.69, 9.17) is 4.74 Å². The fourth-order valence-electron chi connectivity index (χ4n) is 1.03. The Labute approximate surface area is 83.5 Å². The Bertz CT molecular complexity index is 347. The summed E-state index contributed by atoms with van der Waals surface area (Å²) in [5.41, 5.74) is 2.16. The van der Waals surface area contributed by atoms with Crippen LogP contribution >= 0.6 is 11.8 Å².